The molecule has 32 heavy (non-hydrogen) atoms. The van der Waals surface area contributed by atoms with Crippen LogP contribution in [0.15, 0.2) is 65.6 Å². The Bertz CT molecular complexity index is 1290. The van der Waals surface area contributed by atoms with Gasteiger partial charge in [0.1, 0.15) is 5.82 Å². The molecule has 1 aliphatic heterocycles. The van der Waals surface area contributed by atoms with E-state index >= 15 is 0 Å². The van der Waals surface area contributed by atoms with Gasteiger partial charge in [0.15, 0.2) is 0 Å². The van der Waals surface area contributed by atoms with Crippen LogP contribution in [0.2, 0.25) is 0 Å². The van der Waals surface area contributed by atoms with E-state index in [9.17, 15) is 31.1 Å². The van der Waals surface area contributed by atoms with E-state index in [2.05, 4.69) is 0 Å². The number of β-amino-alcohol motifs (C(OH)–C–C–N with tert-alkyl or cyclic N) is 1. The molecular formula is C23H19F4NO3S. The van der Waals surface area contributed by atoms with Crippen LogP contribution in [-0.2, 0) is 22.6 Å². The molecule has 0 saturated heterocycles. The summed E-state index contributed by atoms with van der Waals surface area (Å²) in [4.78, 5) is -0.542. The molecule has 1 N–H and O–H groups in total. The van der Waals surface area contributed by atoms with Gasteiger partial charge in [0.05, 0.1) is 28.8 Å². The van der Waals surface area contributed by atoms with Crippen LogP contribution >= 0.6 is 0 Å². The van der Waals surface area contributed by atoms with E-state index in [1.165, 1.54) is 12.1 Å². The van der Waals surface area contributed by atoms with Crippen LogP contribution in [0.1, 0.15) is 16.7 Å². The molecule has 1 aliphatic rings. The fourth-order valence-corrected chi connectivity index (χ4v) is 5.37. The summed E-state index contributed by atoms with van der Waals surface area (Å²) < 4.78 is 81.3. The maximum Gasteiger partial charge on any atom is 0.416 e. The number of hydrogen-bond donors (Lipinski definition) is 1. The van der Waals surface area contributed by atoms with Gasteiger partial charge in [0.25, 0.3) is 10.0 Å². The van der Waals surface area contributed by atoms with Gasteiger partial charge < -0.3 is 5.11 Å². The van der Waals surface area contributed by atoms with Crippen molar-refractivity contribution in [3.63, 3.8) is 0 Å². The number of benzene rings is 3. The lowest BCUT2D eigenvalue weighted by Gasteiger charge is -2.33. The van der Waals surface area contributed by atoms with Crippen molar-refractivity contribution in [2.45, 2.75) is 30.5 Å². The number of fused-ring (bicyclic) bond motifs is 1. The van der Waals surface area contributed by atoms with E-state index in [0.29, 0.717) is 17.2 Å². The third kappa shape index (κ3) is 4.10. The van der Waals surface area contributed by atoms with Crippen molar-refractivity contribution in [3.8, 4) is 11.1 Å². The van der Waals surface area contributed by atoms with Crippen molar-refractivity contribution in [2.75, 3.05) is 10.8 Å². The van der Waals surface area contributed by atoms with Crippen LogP contribution in [0, 0.1) is 12.7 Å². The fourth-order valence-electron chi connectivity index (χ4n) is 3.79. The molecule has 3 aromatic carbocycles. The predicted molar refractivity (Wildman–Crippen MR) is 112 cm³/mol. The summed E-state index contributed by atoms with van der Waals surface area (Å²) >= 11 is 0. The van der Waals surface area contributed by atoms with Gasteiger partial charge in [-0.15, -0.1) is 0 Å². The molecule has 168 valence electrons. The Kier molecular flexibility index (Phi) is 5.50. The second-order valence-corrected chi connectivity index (χ2v) is 9.61. The van der Waals surface area contributed by atoms with Gasteiger partial charge in [-0.05, 0) is 54.4 Å². The molecule has 0 aliphatic carbocycles. The number of halogens is 4. The Morgan fingerprint density at radius 1 is 1.03 bits per heavy atom. The molecule has 3 aromatic rings. The molecule has 4 nitrogen and oxygen atoms in total. The summed E-state index contributed by atoms with van der Waals surface area (Å²) in [6, 6.07) is 12.7. The van der Waals surface area contributed by atoms with E-state index in [-0.39, 0.29) is 24.2 Å². The molecule has 1 heterocycles. The predicted octanol–water partition coefficient (Wildman–Crippen LogP) is 4.93. The molecule has 0 bridgehead atoms. The van der Waals surface area contributed by atoms with E-state index < -0.39 is 38.6 Å². The van der Waals surface area contributed by atoms with Crippen LogP contribution in [0.3, 0.4) is 0 Å². The minimum absolute atomic E-state index is 0.167. The summed E-state index contributed by atoms with van der Waals surface area (Å²) in [5.41, 5.74) is 1.11. The number of aliphatic hydroxyl groups excluding tert-OH is 1. The third-order valence-corrected chi connectivity index (χ3v) is 7.14. The summed E-state index contributed by atoms with van der Waals surface area (Å²) in [7, 11) is -4.43. The fraction of sp³-hybridized carbons (Fsp3) is 0.217. The number of rotatable bonds is 3. The Morgan fingerprint density at radius 3 is 2.50 bits per heavy atom. The van der Waals surface area contributed by atoms with Crippen LogP contribution in [0.5, 0.6) is 0 Å². The maximum atomic E-state index is 14.4. The quantitative estimate of drug-likeness (QED) is 0.558. The molecule has 1 unspecified atom stereocenters. The topological polar surface area (TPSA) is 57.6 Å². The first-order chi connectivity index (χ1) is 15.0. The summed E-state index contributed by atoms with van der Waals surface area (Å²) in [5.74, 6) is -0.487. The van der Waals surface area contributed by atoms with E-state index in [4.69, 9.17) is 0 Å². The molecule has 9 heteroatoms. The van der Waals surface area contributed by atoms with Crippen LogP contribution in [0.25, 0.3) is 11.1 Å². The highest BCUT2D eigenvalue weighted by molar-refractivity contribution is 7.92. The van der Waals surface area contributed by atoms with Crippen LogP contribution in [-0.4, -0.2) is 26.2 Å². The molecule has 0 radical (unpaired) electrons. The molecule has 0 amide bonds. The van der Waals surface area contributed by atoms with Gasteiger partial charge in [-0.2, -0.15) is 13.2 Å². The zero-order valence-corrected chi connectivity index (χ0v) is 17.7. The highest BCUT2D eigenvalue weighted by Gasteiger charge is 2.36. The lowest BCUT2D eigenvalue weighted by molar-refractivity contribution is -0.137. The minimum atomic E-state index is -4.71. The third-order valence-electron chi connectivity index (χ3n) is 5.37. The Morgan fingerprint density at radius 2 is 1.78 bits per heavy atom. The normalized spacial score (nSPS) is 16.7. The van der Waals surface area contributed by atoms with Gasteiger partial charge in [0, 0.05) is 12.0 Å². The highest BCUT2D eigenvalue weighted by Crippen LogP contribution is 2.37. The number of hydrogen-bond acceptors (Lipinski definition) is 3. The standard InChI is InChI=1S/C23H19F4NO3S/c1-14-5-8-21(24)20(9-14)15-6-7-16-10-18(29)13-28(22(16)11-15)32(30,31)19-4-2-3-17(12-19)23(25,26)27/h2-9,11-12,18,29H,10,13H2,1H3. The number of alkyl halides is 3. The lowest BCUT2D eigenvalue weighted by Crippen LogP contribution is -2.42. The first-order valence-corrected chi connectivity index (χ1v) is 11.2. The van der Waals surface area contributed by atoms with E-state index in [1.54, 1.807) is 31.2 Å². The number of aliphatic hydroxyl groups is 1. The average Bonchev–Trinajstić information content (AvgIpc) is 2.74. The van der Waals surface area contributed by atoms with Crippen LogP contribution < -0.4 is 4.31 Å². The Labute approximate surface area is 182 Å². The zero-order valence-electron chi connectivity index (χ0n) is 16.9. The van der Waals surface area contributed by atoms with Gasteiger partial charge in [0.2, 0.25) is 0 Å². The zero-order chi connectivity index (χ0) is 23.3. The Balaban J connectivity index is 1.84. The van der Waals surface area contributed by atoms with Gasteiger partial charge in [-0.1, -0.05) is 29.8 Å². The highest BCUT2D eigenvalue weighted by atomic mass is 32.2. The Hall–Kier alpha value is -2.91. The summed E-state index contributed by atoms with van der Waals surface area (Å²) in [6.45, 7) is 1.47. The first-order valence-electron chi connectivity index (χ1n) is 9.74. The molecule has 0 saturated carbocycles. The second kappa shape index (κ2) is 7.90. The van der Waals surface area contributed by atoms with E-state index in [1.807, 2.05) is 0 Å². The van der Waals surface area contributed by atoms with Gasteiger partial charge >= 0.3 is 6.18 Å². The monoisotopic (exact) mass is 465 g/mol. The largest absolute Gasteiger partial charge is 0.416 e. The van der Waals surface area contributed by atoms with Crippen molar-refractivity contribution < 1.29 is 31.1 Å². The molecule has 0 spiro atoms. The molecule has 0 fully saturated rings. The lowest BCUT2D eigenvalue weighted by atomic mass is 9.96. The van der Waals surface area contributed by atoms with Crippen LogP contribution in [0.4, 0.5) is 23.2 Å². The number of anilines is 1. The van der Waals surface area contributed by atoms with Gasteiger partial charge in [-0.3, -0.25) is 4.31 Å². The summed E-state index contributed by atoms with van der Waals surface area (Å²) in [6.07, 6.45) is -5.58. The van der Waals surface area contributed by atoms with Crippen molar-refractivity contribution in [1.82, 2.24) is 0 Å². The number of aryl methyl sites for hydroxylation is 1. The molecular weight excluding hydrogens is 446 g/mol. The summed E-state index contributed by atoms with van der Waals surface area (Å²) in [5, 5.41) is 10.2. The van der Waals surface area contributed by atoms with Crippen molar-refractivity contribution in [3.05, 3.63) is 83.2 Å². The van der Waals surface area contributed by atoms with Crippen molar-refractivity contribution >= 4 is 15.7 Å². The average molecular weight is 465 g/mol. The first kappa shape index (κ1) is 22.3. The molecule has 0 aromatic heterocycles. The minimum Gasteiger partial charge on any atom is -0.391 e. The van der Waals surface area contributed by atoms with Gasteiger partial charge in [-0.25, -0.2) is 12.8 Å². The van der Waals surface area contributed by atoms with Crippen molar-refractivity contribution in [2.24, 2.45) is 0 Å². The number of nitrogens with zero attached hydrogens (tertiary/aromatic N) is 1. The van der Waals surface area contributed by atoms with E-state index in [0.717, 1.165) is 28.1 Å². The molecule has 1 atom stereocenters. The molecule has 4 rings (SSSR count). The van der Waals surface area contributed by atoms with Crippen molar-refractivity contribution in [1.29, 1.82) is 0 Å². The maximum absolute atomic E-state index is 14.4. The SMILES string of the molecule is Cc1ccc(F)c(-c2ccc3c(c2)N(S(=O)(=O)c2cccc(C(F)(F)F)c2)CC(O)C3)c1. The number of sulfonamides is 1. The smallest absolute Gasteiger partial charge is 0.391 e. The second-order valence-electron chi connectivity index (χ2n) is 7.75.